The Morgan fingerprint density at radius 3 is 3.18 bits per heavy atom. The Hall–Kier alpha value is -1.72. The summed E-state index contributed by atoms with van der Waals surface area (Å²) in [6, 6.07) is 9.01. The van der Waals surface area contributed by atoms with Crippen molar-refractivity contribution in [3.8, 4) is 0 Å². The van der Waals surface area contributed by atoms with Gasteiger partial charge >= 0.3 is 0 Å². The quantitative estimate of drug-likeness (QED) is 0.922. The van der Waals surface area contributed by atoms with Gasteiger partial charge in [0.25, 0.3) is 0 Å². The average molecular weight is 315 g/mol. The smallest absolute Gasteiger partial charge is 0.217 e. The highest BCUT2D eigenvalue weighted by atomic mass is 32.1. The number of carbonyl (C=O) groups excluding carboxylic acids is 1. The molecule has 0 unspecified atom stereocenters. The lowest BCUT2D eigenvalue weighted by Gasteiger charge is -2.24. The van der Waals surface area contributed by atoms with E-state index in [-0.39, 0.29) is 5.91 Å². The van der Waals surface area contributed by atoms with E-state index in [9.17, 15) is 4.79 Å². The number of aromatic nitrogens is 1. The molecule has 1 amide bonds. The molecule has 1 saturated heterocycles. The fourth-order valence-electron chi connectivity index (χ4n) is 3.01. The number of pyridine rings is 1. The molecule has 1 aliphatic rings. The molecule has 1 atom stereocenters. The van der Waals surface area contributed by atoms with E-state index in [0.29, 0.717) is 12.6 Å². The molecule has 0 bridgehead atoms. The Morgan fingerprint density at radius 2 is 2.41 bits per heavy atom. The third-order valence-corrected chi connectivity index (χ3v) is 4.91. The second kappa shape index (κ2) is 7.03. The molecule has 3 rings (SSSR count). The van der Waals surface area contributed by atoms with E-state index in [1.807, 2.05) is 17.5 Å². The topological polar surface area (TPSA) is 45.2 Å². The number of hydrogen-bond donors (Lipinski definition) is 1. The summed E-state index contributed by atoms with van der Waals surface area (Å²) in [5, 5.41) is 4.95. The standard InChI is InChI=1S/C17H21N3OS/c1-13(21)19-11-15-10-14(6-7-18-15)17-5-2-8-20(17)12-16-4-3-9-22-16/h3-4,6-7,9-10,17H,2,5,8,11-12H2,1H3,(H,19,21)/t17-/m0/s1. The van der Waals surface area contributed by atoms with E-state index in [4.69, 9.17) is 0 Å². The number of hydrogen-bond acceptors (Lipinski definition) is 4. The number of rotatable bonds is 5. The molecule has 116 valence electrons. The maximum atomic E-state index is 11.0. The molecule has 1 N–H and O–H groups in total. The molecule has 1 aliphatic heterocycles. The minimum atomic E-state index is -0.0209. The van der Waals surface area contributed by atoms with Crippen LogP contribution in [0, 0.1) is 0 Å². The van der Waals surface area contributed by atoms with Crippen molar-refractivity contribution < 1.29 is 4.79 Å². The van der Waals surface area contributed by atoms with E-state index in [2.05, 4.69) is 44.8 Å². The van der Waals surface area contributed by atoms with Crippen LogP contribution in [0.4, 0.5) is 0 Å². The number of nitrogens with one attached hydrogen (secondary N) is 1. The van der Waals surface area contributed by atoms with Gasteiger partial charge in [-0.25, -0.2) is 0 Å². The maximum absolute atomic E-state index is 11.0. The molecular weight excluding hydrogens is 294 g/mol. The lowest BCUT2D eigenvalue weighted by Crippen LogP contribution is -2.23. The van der Waals surface area contributed by atoms with Crippen LogP contribution in [0.2, 0.25) is 0 Å². The van der Waals surface area contributed by atoms with Crippen molar-refractivity contribution in [3.05, 3.63) is 52.0 Å². The molecule has 2 aromatic heterocycles. The van der Waals surface area contributed by atoms with Crippen LogP contribution in [-0.2, 0) is 17.9 Å². The van der Waals surface area contributed by atoms with Gasteiger partial charge in [0.1, 0.15) is 0 Å². The zero-order valence-corrected chi connectivity index (χ0v) is 13.6. The van der Waals surface area contributed by atoms with E-state index in [0.717, 1.165) is 18.8 Å². The summed E-state index contributed by atoms with van der Waals surface area (Å²) in [7, 11) is 0. The molecule has 4 nitrogen and oxygen atoms in total. The van der Waals surface area contributed by atoms with Gasteiger partial charge in [-0.2, -0.15) is 0 Å². The zero-order chi connectivity index (χ0) is 15.4. The normalized spacial score (nSPS) is 18.5. The van der Waals surface area contributed by atoms with Crippen LogP contribution in [-0.4, -0.2) is 22.3 Å². The predicted octanol–water partition coefficient (Wildman–Crippen LogP) is 3.12. The first-order valence-corrected chi connectivity index (χ1v) is 8.56. The van der Waals surface area contributed by atoms with Crippen LogP contribution in [0.15, 0.2) is 35.8 Å². The molecule has 0 aromatic carbocycles. The van der Waals surface area contributed by atoms with Gasteiger partial charge in [0.2, 0.25) is 5.91 Å². The third kappa shape index (κ3) is 3.72. The number of nitrogens with zero attached hydrogens (tertiary/aromatic N) is 2. The molecule has 0 spiro atoms. The Balaban J connectivity index is 1.71. The SMILES string of the molecule is CC(=O)NCc1cc([C@@H]2CCCN2Cc2cccs2)ccn1. The fraction of sp³-hybridized carbons (Fsp3) is 0.412. The van der Waals surface area contributed by atoms with Crippen LogP contribution in [0.1, 0.15) is 41.9 Å². The summed E-state index contributed by atoms with van der Waals surface area (Å²) < 4.78 is 0. The van der Waals surface area contributed by atoms with Gasteiger partial charge in [0, 0.05) is 30.6 Å². The molecular formula is C17H21N3OS. The van der Waals surface area contributed by atoms with E-state index in [1.54, 1.807) is 0 Å². The summed E-state index contributed by atoms with van der Waals surface area (Å²) in [6.45, 7) is 4.20. The first kappa shape index (κ1) is 15.2. The first-order valence-electron chi connectivity index (χ1n) is 7.68. The summed E-state index contributed by atoms with van der Waals surface area (Å²) >= 11 is 1.82. The van der Waals surface area contributed by atoms with Gasteiger partial charge in [0.15, 0.2) is 0 Å². The van der Waals surface area contributed by atoms with Crippen LogP contribution in [0.25, 0.3) is 0 Å². The van der Waals surface area contributed by atoms with Crippen LogP contribution in [0.5, 0.6) is 0 Å². The van der Waals surface area contributed by atoms with E-state index in [1.165, 1.54) is 30.2 Å². The van der Waals surface area contributed by atoms with Gasteiger partial charge in [-0.05, 0) is 48.5 Å². The van der Waals surface area contributed by atoms with Gasteiger partial charge in [-0.3, -0.25) is 14.7 Å². The lowest BCUT2D eigenvalue weighted by molar-refractivity contribution is -0.119. The Labute approximate surface area is 135 Å². The minimum absolute atomic E-state index is 0.0209. The highest BCUT2D eigenvalue weighted by molar-refractivity contribution is 7.09. The molecule has 22 heavy (non-hydrogen) atoms. The van der Waals surface area contributed by atoms with Gasteiger partial charge in [0.05, 0.1) is 12.2 Å². The Bertz CT molecular complexity index is 627. The van der Waals surface area contributed by atoms with E-state index < -0.39 is 0 Å². The van der Waals surface area contributed by atoms with Crippen molar-refractivity contribution in [1.82, 2.24) is 15.2 Å². The fourth-order valence-corrected chi connectivity index (χ4v) is 3.74. The number of thiophene rings is 1. The minimum Gasteiger partial charge on any atom is -0.351 e. The van der Waals surface area contributed by atoms with Crippen molar-refractivity contribution in [2.24, 2.45) is 0 Å². The van der Waals surface area contributed by atoms with Crippen molar-refractivity contribution in [3.63, 3.8) is 0 Å². The van der Waals surface area contributed by atoms with Gasteiger partial charge in [-0.1, -0.05) is 6.07 Å². The van der Waals surface area contributed by atoms with Gasteiger partial charge in [-0.15, -0.1) is 11.3 Å². The summed E-state index contributed by atoms with van der Waals surface area (Å²) in [4.78, 5) is 19.4. The summed E-state index contributed by atoms with van der Waals surface area (Å²) in [6.07, 6.45) is 4.28. The van der Waals surface area contributed by atoms with Crippen LogP contribution in [0.3, 0.4) is 0 Å². The van der Waals surface area contributed by atoms with Crippen molar-refractivity contribution in [2.45, 2.75) is 38.9 Å². The molecule has 0 radical (unpaired) electrons. The van der Waals surface area contributed by atoms with E-state index >= 15 is 0 Å². The first-order chi connectivity index (χ1) is 10.7. The Kier molecular flexibility index (Phi) is 4.85. The highest BCUT2D eigenvalue weighted by Crippen LogP contribution is 2.33. The highest BCUT2D eigenvalue weighted by Gasteiger charge is 2.26. The van der Waals surface area contributed by atoms with Gasteiger partial charge < -0.3 is 5.32 Å². The summed E-state index contributed by atoms with van der Waals surface area (Å²) in [5.41, 5.74) is 2.24. The molecule has 2 aromatic rings. The maximum Gasteiger partial charge on any atom is 0.217 e. The molecule has 0 saturated carbocycles. The number of likely N-dealkylation sites (tertiary alicyclic amines) is 1. The predicted molar refractivity (Wildman–Crippen MR) is 88.5 cm³/mol. The summed E-state index contributed by atoms with van der Waals surface area (Å²) in [5.74, 6) is -0.0209. The number of carbonyl (C=O) groups is 1. The van der Waals surface area contributed by atoms with Crippen LogP contribution >= 0.6 is 11.3 Å². The Morgan fingerprint density at radius 1 is 1.50 bits per heavy atom. The van der Waals surface area contributed by atoms with Crippen molar-refractivity contribution in [1.29, 1.82) is 0 Å². The second-order valence-electron chi connectivity index (χ2n) is 5.70. The largest absolute Gasteiger partial charge is 0.351 e. The third-order valence-electron chi connectivity index (χ3n) is 4.05. The molecule has 1 fully saturated rings. The lowest BCUT2D eigenvalue weighted by atomic mass is 10.0. The monoisotopic (exact) mass is 315 g/mol. The van der Waals surface area contributed by atoms with Crippen molar-refractivity contribution >= 4 is 17.2 Å². The molecule has 5 heteroatoms. The molecule has 3 heterocycles. The number of amides is 1. The second-order valence-corrected chi connectivity index (χ2v) is 6.73. The van der Waals surface area contributed by atoms with Crippen LogP contribution < -0.4 is 5.32 Å². The molecule has 0 aliphatic carbocycles. The zero-order valence-electron chi connectivity index (χ0n) is 12.8. The van der Waals surface area contributed by atoms with Crippen molar-refractivity contribution in [2.75, 3.05) is 6.54 Å². The average Bonchev–Trinajstić information content (AvgIpc) is 3.18.